The van der Waals surface area contributed by atoms with Crippen molar-refractivity contribution in [2.24, 2.45) is 5.92 Å². The molecule has 3 rings (SSSR count). The van der Waals surface area contributed by atoms with Crippen molar-refractivity contribution < 1.29 is 9.53 Å². The van der Waals surface area contributed by atoms with Crippen molar-refractivity contribution in [1.82, 2.24) is 9.97 Å². The summed E-state index contributed by atoms with van der Waals surface area (Å²) in [6.07, 6.45) is 2.85. The number of nitrogens with one attached hydrogen (secondary N) is 1. The summed E-state index contributed by atoms with van der Waals surface area (Å²) in [5.74, 6) is 0.877. The number of esters is 1. The molecule has 0 bridgehead atoms. The number of anilines is 4. The molecule has 0 aliphatic carbocycles. The summed E-state index contributed by atoms with van der Waals surface area (Å²) in [5.41, 5.74) is 7.33. The standard InChI is InChI=1S/C18H21Cl2N5O2/c1-2-27-18(26)11-6-8-25(9-7-11)17-15(21)16(22-10-23-17)24-13-5-3-4-12(19)14(13)20/h3-5,10-11H,2,6-9,21H2,1H3,(H,22,23,24). The van der Waals surface area contributed by atoms with Gasteiger partial charge in [0.1, 0.15) is 12.0 Å². The number of rotatable bonds is 5. The highest BCUT2D eigenvalue weighted by atomic mass is 35.5. The zero-order chi connectivity index (χ0) is 19.4. The summed E-state index contributed by atoms with van der Waals surface area (Å²) in [7, 11) is 0. The van der Waals surface area contributed by atoms with Gasteiger partial charge in [-0.3, -0.25) is 4.79 Å². The van der Waals surface area contributed by atoms with Gasteiger partial charge < -0.3 is 20.7 Å². The molecule has 2 heterocycles. The molecule has 144 valence electrons. The minimum atomic E-state index is -0.134. The second-order valence-corrected chi connectivity index (χ2v) is 6.98. The number of carbonyl (C=O) groups excluding carboxylic acids is 1. The second kappa shape index (κ2) is 8.63. The molecule has 0 radical (unpaired) electrons. The van der Waals surface area contributed by atoms with Crippen LogP contribution in [0, 0.1) is 5.92 Å². The number of aromatic nitrogens is 2. The smallest absolute Gasteiger partial charge is 0.309 e. The van der Waals surface area contributed by atoms with Crippen LogP contribution in [0.3, 0.4) is 0 Å². The van der Waals surface area contributed by atoms with Gasteiger partial charge >= 0.3 is 5.97 Å². The van der Waals surface area contributed by atoms with E-state index in [1.165, 1.54) is 6.33 Å². The number of carbonyl (C=O) groups is 1. The van der Waals surface area contributed by atoms with Gasteiger partial charge in [-0.05, 0) is 31.9 Å². The summed E-state index contributed by atoms with van der Waals surface area (Å²) >= 11 is 12.3. The molecule has 1 fully saturated rings. The highest BCUT2D eigenvalue weighted by Gasteiger charge is 2.28. The van der Waals surface area contributed by atoms with Crippen molar-refractivity contribution in [2.75, 3.05) is 35.6 Å². The van der Waals surface area contributed by atoms with Gasteiger partial charge in [0.05, 0.1) is 28.3 Å². The number of hydrogen-bond acceptors (Lipinski definition) is 7. The monoisotopic (exact) mass is 409 g/mol. The van der Waals surface area contributed by atoms with E-state index in [0.29, 0.717) is 65.6 Å². The first kappa shape index (κ1) is 19.5. The number of nitrogens with two attached hydrogens (primary N) is 1. The normalized spacial score (nSPS) is 14.9. The predicted octanol–water partition coefficient (Wildman–Crippen LogP) is 3.89. The molecule has 0 saturated carbocycles. The lowest BCUT2D eigenvalue weighted by Gasteiger charge is -2.32. The van der Waals surface area contributed by atoms with Crippen LogP contribution in [0.2, 0.25) is 10.0 Å². The SMILES string of the molecule is CCOC(=O)C1CCN(c2ncnc(Nc3cccc(Cl)c3Cl)c2N)CC1. The molecule has 2 aromatic rings. The maximum Gasteiger partial charge on any atom is 0.309 e. The molecule has 3 N–H and O–H groups in total. The fraction of sp³-hybridized carbons (Fsp3) is 0.389. The van der Waals surface area contributed by atoms with E-state index in [9.17, 15) is 4.79 Å². The van der Waals surface area contributed by atoms with Gasteiger partial charge in [-0.2, -0.15) is 0 Å². The first-order valence-corrected chi connectivity index (χ1v) is 9.50. The van der Waals surface area contributed by atoms with Gasteiger partial charge in [-0.25, -0.2) is 9.97 Å². The fourth-order valence-corrected chi connectivity index (χ4v) is 3.40. The van der Waals surface area contributed by atoms with Gasteiger partial charge in [0.2, 0.25) is 0 Å². The van der Waals surface area contributed by atoms with Crippen LogP contribution in [0.15, 0.2) is 24.5 Å². The Kier molecular flexibility index (Phi) is 6.23. The Bertz CT molecular complexity index is 825. The van der Waals surface area contributed by atoms with Crippen LogP contribution in [0.1, 0.15) is 19.8 Å². The molecular formula is C18H21Cl2N5O2. The molecule has 1 aliphatic rings. The van der Waals surface area contributed by atoms with Crippen molar-refractivity contribution in [1.29, 1.82) is 0 Å². The van der Waals surface area contributed by atoms with Gasteiger partial charge in [-0.1, -0.05) is 29.3 Å². The number of piperidine rings is 1. The van der Waals surface area contributed by atoms with Gasteiger partial charge in [-0.15, -0.1) is 0 Å². The van der Waals surface area contributed by atoms with Gasteiger partial charge in [0.25, 0.3) is 0 Å². The van der Waals surface area contributed by atoms with Gasteiger partial charge in [0, 0.05) is 13.1 Å². The predicted molar refractivity (Wildman–Crippen MR) is 108 cm³/mol. The van der Waals surface area contributed by atoms with Crippen LogP contribution < -0.4 is 16.0 Å². The van der Waals surface area contributed by atoms with Crippen molar-refractivity contribution in [3.63, 3.8) is 0 Å². The third-order valence-corrected chi connectivity index (χ3v) is 5.30. The summed E-state index contributed by atoms with van der Waals surface area (Å²) in [6, 6.07) is 5.28. The van der Waals surface area contributed by atoms with E-state index in [1.807, 2.05) is 6.92 Å². The van der Waals surface area contributed by atoms with Gasteiger partial charge in [0.15, 0.2) is 11.6 Å². The molecule has 0 atom stereocenters. The Morgan fingerprint density at radius 3 is 2.78 bits per heavy atom. The highest BCUT2D eigenvalue weighted by molar-refractivity contribution is 6.43. The van der Waals surface area contributed by atoms with Crippen LogP contribution in [0.5, 0.6) is 0 Å². The van der Waals surface area contributed by atoms with Crippen molar-refractivity contribution in [2.45, 2.75) is 19.8 Å². The minimum absolute atomic E-state index is 0.0767. The lowest BCUT2D eigenvalue weighted by molar-refractivity contribution is -0.148. The van der Waals surface area contributed by atoms with Crippen molar-refractivity contribution in [3.8, 4) is 0 Å². The number of ether oxygens (including phenoxy) is 1. The summed E-state index contributed by atoms with van der Waals surface area (Å²) < 4.78 is 5.11. The van der Waals surface area contributed by atoms with E-state index >= 15 is 0 Å². The van der Waals surface area contributed by atoms with Crippen molar-refractivity contribution >= 4 is 52.2 Å². The van der Waals surface area contributed by atoms with E-state index in [0.717, 1.165) is 0 Å². The van der Waals surface area contributed by atoms with E-state index in [2.05, 4.69) is 20.2 Å². The summed E-state index contributed by atoms with van der Waals surface area (Å²) in [4.78, 5) is 22.5. The average Bonchev–Trinajstić information content (AvgIpc) is 2.67. The minimum Gasteiger partial charge on any atom is -0.466 e. The molecule has 9 heteroatoms. The average molecular weight is 410 g/mol. The lowest BCUT2D eigenvalue weighted by atomic mass is 9.97. The molecule has 7 nitrogen and oxygen atoms in total. The molecule has 27 heavy (non-hydrogen) atoms. The maximum absolute atomic E-state index is 11.9. The first-order chi connectivity index (χ1) is 13.0. The lowest BCUT2D eigenvalue weighted by Crippen LogP contribution is -2.37. The molecule has 0 spiro atoms. The van der Waals surface area contributed by atoms with Crippen molar-refractivity contribution in [3.05, 3.63) is 34.6 Å². The highest BCUT2D eigenvalue weighted by Crippen LogP contribution is 2.35. The van der Waals surface area contributed by atoms with E-state index in [-0.39, 0.29) is 11.9 Å². The molecule has 0 amide bonds. The Balaban J connectivity index is 1.74. The third kappa shape index (κ3) is 4.36. The number of halogens is 2. The second-order valence-electron chi connectivity index (χ2n) is 6.20. The van der Waals surface area contributed by atoms with Crippen LogP contribution in [0.25, 0.3) is 0 Å². The zero-order valence-electron chi connectivity index (χ0n) is 14.9. The number of nitrogen functional groups attached to an aromatic ring is 1. The number of hydrogen-bond donors (Lipinski definition) is 2. The third-order valence-electron chi connectivity index (χ3n) is 4.48. The maximum atomic E-state index is 11.9. The summed E-state index contributed by atoms with van der Waals surface area (Å²) in [5, 5.41) is 3.95. The molecule has 0 unspecified atom stereocenters. The Hall–Kier alpha value is -2.25. The molecule has 1 aromatic heterocycles. The zero-order valence-corrected chi connectivity index (χ0v) is 16.4. The first-order valence-electron chi connectivity index (χ1n) is 8.74. The quantitative estimate of drug-likeness (QED) is 0.723. The van der Waals surface area contributed by atoms with Crippen LogP contribution in [0.4, 0.5) is 23.0 Å². The number of benzene rings is 1. The molecule has 1 aliphatic heterocycles. The molecule has 1 aromatic carbocycles. The molecular weight excluding hydrogens is 389 g/mol. The Morgan fingerprint density at radius 1 is 1.33 bits per heavy atom. The van der Waals surface area contributed by atoms with E-state index in [4.69, 9.17) is 33.7 Å². The Morgan fingerprint density at radius 2 is 2.07 bits per heavy atom. The topological polar surface area (TPSA) is 93.4 Å². The van der Waals surface area contributed by atoms with E-state index in [1.54, 1.807) is 18.2 Å². The van der Waals surface area contributed by atoms with E-state index < -0.39 is 0 Å². The fourth-order valence-electron chi connectivity index (χ4n) is 3.05. The Labute approximate surface area is 167 Å². The van der Waals surface area contributed by atoms with Crippen LogP contribution in [-0.4, -0.2) is 35.6 Å². The molecule has 1 saturated heterocycles. The van der Waals surface area contributed by atoms with Crippen LogP contribution in [-0.2, 0) is 9.53 Å². The van der Waals surface area contributed by atoms with Crippen LogP contribution >= 0.6 is 23.2 Å². The summed E-state index contributed by atoms with van der Waals surface area (Å²) in [6.45, 7) is 3.55. The largest absolute Gasteiger partial charge is 0.466 e. The number of nitrogens with zero attached hydrogens (tertiary/aromatic N) is 3.